The Balaban J connectivity index is 1.89. The molecule has 3 aromatic rings. The zero-order valence-electron chi connectivity index (χ0n) is 15.8. The first kappa shape index (κ1) is 20.7. The molecule has 0 saturated heterocycles. The van der Waals surface area contributed by atoms with E-state index in [0.29, 0.717) is 42.7 Å². The van der Waals surface area contributed by atoms with Crippen LogP contribution < -0.4 is 10.5 Å². The maximum absolute atomic E-state index is 12.4. The number of anilines is 1. The Morgan fingerprint density at radius 1 is 1.03 bits per heavy atom. The number of hydrogen-bond donors (Lipinski definition) is 1. The molecule has 0 aliphatic rings. The highest BCUT2D eigenvalue weighted by molar-refractivity contribution is 5.58. The molecular weight excluding hydrogens is 385 g/mol. The molecule has 0 fully saturated rings. The Morgan fingerprint density at radius 3 is 2.34 bits per heavy atom. The van der Waals surface area contributed by atoms with E-state index in [0.717, 1.165) is 12.0 Å². The van der Waals surface area contributed by atoms with E-state index in [1.807, 2.05) is 19.1 Å². The lowest BCUT2D eigenvalue weighted by Crippen LogP contribution is -2.17. The van der Waals surface area contributed by atoms with Crippen LogP contribution in [0.4, 0.5) is 18.9 Å². The van der Waals surface area contributed by atoms with Crippen LogP contribution in [0.3, 0.4) is 0 Å². The molecule has 0 bridgehead atoms. The van der Waals surface area contributed by atoms with Gasteiger partial charge in [-0.05, 0) is 61.9 Å². The van der Waals surface area contributed by atoms with Crippen molar-refractivity contribution >= 4 is 5.69 Å². The summed E-state index contributed by atoms with van der Waals surface area (Å²) in [6, 6.07) is 12.7. The lowest BCUT2D eigenvalue weighted by Gasteiger charge is -2.10. The van der Waals surface area contributed by atoms with E-state index in [9.17, 15) is 13.2 Å². The zero-order chi connectivity index (χ0) is 20.9. The number of nitrogens with two attached hydrogens (primary N) is 1. The Bertz CT molecular complexity index is 922. The van der Waals surface area contributed by atoms with Crippen molar-refractivity contribution in [3.63, 3.8) is 0 Å². The van der Waals surface area contributed by atoms with Crippen LogP contribution in [-0.2, 0) is 11.2 Å². The summed E-state index contributed by atoms with van der Waals surface area (Å²) in [5.74, 6) is 0.895. The average Bonchev–Trinajstić information content (AvgIpc) is 3.09. The molecule has 0 atom stereocenters. The maximum Gasteiger partial charge on any atom is 0.573 e. The van der Waals surface area contributed by atoms with Crippen molar-refractivity contribution < 1.29 is 22.6 Å². The normalized spacial score (nSPS) is 11.6. The van der Waals surface area contributed by atoms with E-state index < -0.39 is 6.36 Å². The summed E-state index contributed by atoms with van der Waals surface area (Å²) in [6.07, 6.45) is -3.40. The molecule has 3 rings (SSSR count). The maximum atomic E-state index is 12.4. The quantitative estimate of drug-likeness (QED) is 0.444. The Kier molecular flexibility index (Phi) is 6.38. The molecule has 1 aromatic heterocycles. The van der Waals surface area contributed by atoms with Crippen LogP contribution in [0, 0.1) is 0 Å². The van der Waals surface area contributed by atoms with Crippen LogP contribution in [0.5, 0.6) is 5.75 Å². The van der Waals surface area contributed by atoms with Crippen molar-refractivity contribution in [3.05, 3.63) is 54.4 Å². The number of benzene rings is 2. The van der Waals surface area contributed by atoms with Crippen molar-refractivity contribution in [2.24, 2.45) is 0 Å². The summed E-state index contributed by atoms with van der Waals surface area (Å²) in [4.78, 5) is 4.61. The lowest BCUT2D eigenvalue weighted by atomic mass is 10.2. The number of ether oxygens (including phenoxy) is 2. The predicted octanol–water partition coefficient (Wildman–Crippen LogP) is 4.38. The molecule has 6 nitrogen and oxygen atoms in total. The Hall–Kier alpha value is -3.07. The first-order valence-electron chi connectivity index (χ1n) is 9.11. The van der Waals surface area contributed by atoms with Crippen molar-refractivity contribution in [2.45, 2.75) is 26.1 Å². The smallest absolute Gasteiger partial charge is 0.406 e. The molecule has 0 spiro atoms. The highest BCUT2D eigenvalue weighted by Gasteiger charge is 2.31. The van der Waals surface area contributed by atoms with E-state index in [2.05, 4.69) is 14.8 Å². The zero-order valence-corrected chi connectivity index (χ0v) is 15.8. The van der Waals surface area contributed by atoms with Gasteiger partial charge in [0.05, 0.1) is 5.69 Å². The Morgan fingerprint density at radius 2 is 1.72 bits per heavy atom. The number of nitrogens with zero attached hydrogens (tertiary/aromatic N) is 3. The summed E-state index contributed by atoms with van der Waals surface area (Å²) in [5.41, 5.74) is 7.74. The summed E-state index contributed by atoms with van der Waals surface area (Å²) < 4.78 is 48.1. The number of alkyl halides is 3. The van der Waals surface area contributed by atoms with Gasteiger partial charge in [0.25, 0.3) is 0 Å². The average molecular weight is 406 g/mol. The van der Waals surface area contributed by atoms with Gasteiger partial charge >= 0.3 is 6.36 Å². The number of nitrogen functional groups attached to an aromatic ring is 1. The molecule has 2 N–H and O–H groups in total. The topological polar surface area (TPSA) is 75.2 Å². The molecule has 2 aromatic carbocycles. The second-order valence-electron chi connectivity index (χ2n) is 6.23. The fourth-order valence-corrected chi connectivity index (χ4v) is 2.73. The van der Waals surface area contributed by atoms with Crippen LogP contribution in [0.15, 0.2) is 48.5 Å². The van der Waals surface area contributed by atoms with Gasteiger partial charge in [0.2, 0.25) is 0 Å². The molecule has 29 heavy (non-hydrogen) atoms. The highest BCUT2D eigenvalue weighted by Crippen LogP contribution is 2.25. The summed E-state index contributed by atoms with van der Waals surface area (Å²) >= 11 is 0. The summed E-state index contributed by atoms with van der Waals surface area (Å²) in [6.45, 7) is 3.13. The van der Waals surface area contributed by atoms with E-state index >= 15 is 0 Å². The standard InChI is InChI=1S/C20H21F3N4O2/c1-2-28-13-3-4-18-25-19(14-5-7-15(24)8-6-14)26-27(18)16-9-11-17(12-10-16)29-20(21,22)23/h5-12H,2-4,13,24H2,1H3. The van der Waals surface area contributed by atoms with E-state index in [-0.39, 0.29) is 5.75 Å². The molecule has 0 unspecified atom stereocenters. The molecular formula is C20H21F3N4O2. The fourth-order valence-electron chi connectivity index (χ4n) is 2.73. The number of halogens is 3. The molecule has 0 aliphatic heterocycles. The van der Waals surface area contributed by atoms with Gasteiger partial charge in [-0.3, -0.25) is 0 Å². The summed E-state index contributed by atoms with van der Waals surface area (Å²) in [5, 5.41) is 4.54. The second-order valence-corrected chi connectivity index (χ2v) is 6.23. The first-order chi connectivity index (χ1) is 13.9. The van der Waals surface area contributed by atoms with Gasteiger partial charge in [0, 0.05) is 30.9 Å². The van der Waals surface area contributed by atoms with E-state index in [4.69, 9.17) is 10.5 Å². The third kappa shape index (κ3) is 5.71. The molecule has 154 valence electrons. The highest BCUT2D eigenvalue weighted by atomic mass is 19.4. The van der Waals surface area contributed by atoms with Crippen molar-refractivity contribution in [1.29, 1.82) is 0 Å². The van der Waals surface area contributed by atoms with Gasteiger partial charge in [-0.2, -0.15) is 0 Å². The third-order valence-corrected chi connectivity index (χ3v) is 4.05. The lowest BCUT2D eigenvalue weighted by molar-refractivity contribution is -0.274. The molecule has 9 heteroatoms. The number of rotatable bonds is 8. The van der Waals surface area contributed by atoms with Gasteiger partial charge in [-0.1, -0.05) is 0 Å². The van der Waals surface area contributed by atoms with Crippen molar-refractivity contribution in [1.82, 2.24) is 14.8 Å². The first-order valence-corrected chi connectivity index (χ1v) is 9.11. The number of hydrogen-bond acceptors (Lipinski definition) is 5. The fraction of sp³-hybridized carbons (Fsp3) is 0.300. The van der Waals surface area contributed by atoms with Crippen LogP contribution in [0.25, 0.3) is 17.1 Å². The minimum absolute atomic E-state index is 0.294. The van der Waals surface area contributed by atoms with Crippen LogP contribution in [0.1, 0.15) is 19.2 Å². The third-order valence-electron chi connectivity index (χ3n) is 4.05. The number of aromatic nitrogens is 3. The minimum atomic E-state index is -4.73. The molecule has 0 saturated carbocycles. The van der Waals surface area contributed by atoms with Crippen molar-refractivity contribution in [3.8, 4) is 22.8 Å². The van der Waals surface area contributed by atoms with E-state index in [1.54, 1.807) is 16.8 Å². The SMILES string of the molecule is CCOCCCc1nc(-c2ccc(N)cc2)nn1-c1ccc(OC(F)(F)F)cc1. The monoisotopic (exact) mass is 406 g/mol. The van der Waals surface area contributed by atoms with Gasteiger partial charge in [0.15, 0.2) is 5.82 Å². The van der Waals surface area contributed by atoms with Gasteiger partial charge in [-0.25, -0.2) is 9.67 Å². The minimum Gasteiger partial charge on any atom is -0.406 e. The number of aryl methyl sites for hydroxylation is 1. The second kappa shape index (κ2) is 8.95. The van der Waals surface area contributed by atoms with Crippen molar-refractivity contribution in [2.75, 3.05) is 18.9 Å². The van der Waals surface area contributed by atoms with Crippen LogP contribution in [0.2, 0.25) is 0 Å². The van der Waals surface area contributed by atoms with E-state index in [1.165, 1.54) is 24.3 Å². The summed E-state index contributed by atoms with van der Waals surface area (Å²) in [7, 11) is 0. The van der Waals surface area contributed by atoms with Crippen LogP contribution >= 0.6 is 0 Å². The molecule has 1 heterocycles. The van der Waals surface area contributed by atoms with Gasteiger partial charge < -0.3 is 15.2 Å². The molecule has 0 amide bonds. The Labute approximate surface area is 166 Å². The molecule has 0 radical (unpaired) electrons. The molecule has 0 aliphatic carbocycles. The van der Waals surface area contributed by atoms with Crippen LogP contribution in [-0.4, -0.2) is 34.3 Å². The van der Waals surface area contributed by atoms with Gasteiger partial charge in [0.1, 0.15) is 11.6 Å². The largest absolute Gasteiger partial charge is 0.573 e. The predicted molar refractivity (Wildman–Crippen MR) is 103 cm³/mol. The van der Waals surface area contributed by atoms with Gasteiger partial charge in [-0.15, -0.1) is 18.3 Å².